The number of aliphatic hydroxyl groups is 1. The van der Waals surface area contributed by atoms with E-state index < -0.39 is 22.6 Å². The number of unbranched alkanes of at least 4 members (excludes halogenated alkanes) is 2. The van der Waals surface area contributed by atoms with Crippen molar-refractivity contribution >= 4 is 35.2 Å². The van der Waals surface area contributed by atoms with E-state index in [-0.39, 0.29) is 29.6 Å². The van der Waals surface area contributed by atoms with Crippen LogP contribution in [0.1, 0.15) is 48.8 Å². The molecule has 0 aromatic heterocycles. The van der Waals surface area contributed by atoms with Crippen LogP contribution in [0.25, 0.3) is 0 Å². The van der Waals surface area contributed by atoms with Gasteiger partial charge in [-0.25, -0.2) is 0 Å². The van der Waals surface area contributed by atoms with Gasteiger partial charge in [-0.3, -0.25) is 14.4 Å². The number of likely N-dealkylation sites (tertiary alicyclic amines) is 1. The van der Waals surface area contributed by atoms with Crippen molar-refractivity contribution in [2.75, 3.05) is 31.1 Å². The number of thioether (sulfide) groups is 1. The third-order valence-corrected chi connectivity index (χ3v) is 11.4. The molecule has 0 saturated carbocycles. The Morgan fingerprint density at radius 3 is 2.50 bits per heavy atom. The summed E-state index contributed by atoms with van der Waals surface area (Å²) in [5.41, 5.74) is 3.89. The van der Waals surface area contributed by atoms with Crippen LogP contribution in [0.3, 0.4) is 0 Å². The fourth-order valence-electron chi connectivity index (χ4n) is 7.52. The molecule has 1 N–H and O–H groups in total. The van der Waals surface area contributed by atoms with Gasteiger partial charge < -0.3 is 19.8 Å². The lowest BCUT2D eigenvalue weighted by atomic mass is 9.70. The van der Waals surface area contributed by atoms with Gasteiger partial charge in [0.1, 0.15) is 6.04 Å². The number of hydrogen-bond donors (Lipinski definition) is 1. The summed E-state index contributed by atoms with van der Waals surface area (Å²) in [6, 6.07) is 15.3. The standard InChI is InChI=1S/C36H45N3O4S/c1-5-19-37(24-27-13-9-7-10-14-27)33(41)30-29-17-18-36(44-29)31(30)34(42)39(21-11-8-12-22-40)32(36)35(43)38(20-6-2)28-23-25(3)15-16-26(28)4/h5-7,9-10,13-16,23,29-32,40H,1-2,8,11-12,17-22,24H2,3-4H3/t29-,30+,31+,32?,36?/m1/s1. The summed E-state index contributed by atoms with van der Waals surface area (Å²) in [5.74, 6) is -1.27. The molecule has 3 aliphatic rings. The molecule has 3 fully saturated rings. The number of anilines is 1. The molecular formula is C36H45N3O4S. The van der Waals surface area contributed by atoms with Gasteiger partial charge >= 0.3 is 0 Å². The molecule has 3 heterocycles. The van der Waals surface area contributed by atoms with E-state index in [0.717, 1.165) is 41.6 Å². The molecule has 5 rings (SSSR count). The largest absolute Gasteiger partial charge is 0.396 e. The van der Waals surface area contributed by atoms with E-state index in [1.54, 1.807) is 33.7 Å². The molecule has 3 saturated heterocycles. The lowest BCUT2D eigenvalue weighted by Gasteiger charge is -2.38. The second-order valence-corrected chi connectivity index (χ2v) is 14.0. The zero-order valence-electron chi connectivity index (χ0n) is 26.0. The molecule has 0 aliphatic carbocycles. The first-order valence-electron chi connectivity index (χ1n) is 15.8. The Balaban J connectivity index is 1.52. The number of carbonyl (C=O) groups is 3. The van der Waals surface area contributed by atoms with Gasteiger partial charge in [0, 0.05) is 43.7 Å². The number of fused-ring (bicyclic) bond motifs is 1. The Morgan fingerprint density at radius 2 is 1.80 bits per heavy atom. The zero-order valence-corrected chi connectivity index (χ0v) is 26.8. The van der Waals surface area contributed by atoms with Crippen LogP contribution in [0.15, 0.2) is 73.8 Å². The second kappa shape index (κ2) is 13.7. The van der Waals surface area contributed by atoms with Crippen LogP contribution in [0.5, 0.6) is 0 Å². The van der Waals surface area contributed by atoms with Crippen molar-refractivity contribution in [1.82, 2.24) is 9.80 Å². The minimum absolute atomic E-state index is 0.0139. The van der Waals surface area contributed by atoms with Gasteiger partial charge in [0.15, 0.2) is 0 Å². The lowest BCUT2D eigenvalue weighted by molar-refractivity contribution is -0.144. The second-order valence-electron chi connectivity index (χ2n) is 12.4. The quantitative estimate of drug-likeness (QED) is 0.231. The molecule has 7 nitrogen and oxygen atoms in total. The molecule has 3 aliphatic heterocycles. The first kappa shape index (κ1) is 32.0. The van der Waals surface area contributed by atoms with Crippen molar-refractivity contribution in [3.63, 3.8) is 0 Å². The van der Waals surface area contributed by atoms with E-state index in [4.69, 9.17) is 0 Å². The first-order chi connectivity index (χ1) is 21.3. The number of aryl methyl sites for hydroxylation is 2. The van der Waals surface area contributed by atoms with E-state index in [2.05, 4.69) is 13.2 Å². The average molecular weight is 616 g/mol. The van der Waals surface area contributed by atoms with Crippen LogP contribution in [0.4, 0.5) is 5.69 Å². The molecule has 8 heteroatoms. The normalized spacial score (nSPS) is 25.2. The average Bonchev–Trinajstić information content (AvgIpc) is 3.66. The van der Waals surface area contributed by atoms with Crippen molar-refractivity contribution < 1.29 is 19.5 Å². The molecule has 2 aromatic rings. The summed E-state index contributed by atoms with van der Waals surface area (Å²) in [7, 11) is 0. The van der Waals surface area contributed by atoms with Gasteiger partial charge in [0.05, 0.1) is 16.6 Å². The minimum Gasteiger partial charge on any atom is -0.396 e. The Labute approximate surface area is 266 Å². The number of rotatable bonds is 14. The fourth-order valence-corrected chi connectivity index (χ4v) is 9.73. The van der Waals surface area contributed by atoms with E-state index in [1.165, 1.54) is 0 Å². The van der Waals surface area contributed by atoms with E-state index >= 15 is 0 Å². The smallest absolute Gasteiger partial charge is 0.251 e. The molecule has 2 unspecified atom stereocenters. The third-order valence-electron chi connectivity index (χ3n) is 9.49. The Hall–Kier alpha value is -3.36. The lowest BCUT2D eigenvalue weighted by Crippen LogP contribution is -2.55. The molecular weight excluding hydrogens is 570 g/mol. The summed E-state index contributed by atoms with van der Waals surface area (Å²) < 4.78 is -0.667. The highest BCUT2D eigenvalue weighted by Gasteiger charge is 2.74. The van der Waals surface area contributed by atoms with Crippen molar-refractivity contribution in [3.8, 4) is 0 Å². The Kier molecular flexibility index (Phi) is 10.0. The van der Waals surface area contributed by atoms with Crippen molar-refractivity contribution in [2.45, 2.75) is 68.5 Å². The maximum absolute atomic E-state index is 14.8. The predicted molar refractivity (Wildman–Crippen MR) is 177 cm³/mol. The number of amides is 3. The molecule has 44 heavy (non-hydrogen) atoms. The predicted octanol–water partition coefficient (Wildman–Crippen LogP) is 5.29. The number of carbonyl (C=O) groups excluding carboxylic acids is 3. The van der Waals surface area contributed by atoms with Crippen LogP contribution in [-0.2, 0) is 20.9 Å². The maximum atomic E-state index is 14.8. The van der Waals surface area contributed by atoms with Gasteiger partial charge in [-0.2, -0.15) is 0 Å². The summed E-state index contributed by atoms with van der Waals surface area (Å²) in [6.45, 7) is 13.5. The fraction of sp³-hybridized carbons (Fsp3) is 0.472. The first-order valence-corrected chi connectivity index (χ1v) is 16.7. The molecule has 234 valence electrons. The SMILES string of the molecule is C=CCN(Cc1ccccc1)C(=O)[C@@H]1[C@H]2C(=O)N(CCCCCO)C(C(=O)N(CC=C)c3cc(C)ccc3C)C23CC[C@H]1S3. The molecule has 0 radical (unpaired) electrons. The minimum atomic E-state index is -0.677. The summed E-state index contributed by atoms with van der Waals surface area (Å²) in [6.07, 6.45) is 7.09. The van der Waals surface area contributed by atoms with Crippen molar-refractivity contribution in [1.29, 1.82) is 0 Å². The summed E-state index contributed by atoms with van der Waals surface area (Å²) in [5, 5.41) is 9.35. The van der Waals surface area contributed by atoms with Gasteiger partial charge in [-0.05, 0) is 68.7 Å². The van der Waals surface area contributed by atoms with Crippen molar-refractivity contribution in [3.05, 3.63) is 90.5 Å². The number of nitrogens with zero attached hydrogens (tertiary/aromatic N) is 3. The molecule has 1 spiro atoms. The third kappa shape index (κ3) is 5.86. The monoisotopic (exact) mass is 615 g/mol. The summed E-state index contributed by atoms with van der Waals surface area (Å²) >= 11 is 1.70. The van der Waals surface area contributed by atoms with Crippen LogP contribution in [0, 0.1) is 25.7 Å². The van der Waals surface area contributed by atoms with Crippen LogP contribution >= 0.6 is 11.8 Å². The molecule has 5 atom stereocenters. The highest BCUT2D eigenvalue weighted by Crippen LogP contribution is 2.66. The van der Waals surface area contributed by atoms with E-state index in [0.29, 0.717) is 39.0 Å². The molecule has 3 amide bonds. The topological polar surface area (TPSA) is 81.2 Å². The zero-order chi connectivity index (χ0) is 31.4. The Morgan fingerprint density at radius 1 is 1.05 bits per heavy atom. The van der Waals surface area contributed by atoms with Gasteiger partial charge in [-0.15, -0.1) is 24.9 Å². The highest BCUT2D eigenvalue weighted by molar-refractivity contribution is 8.02. The van der Waals surface area contributed by atoms with Gasteiger partial charge in [0.2, 0.25) is 11.8 Å². The van der Waals surface area contributed by atoms with Crippen LogP contribution in [0.2, 0.25) is 0 Å². The number of benzene rings is 2. The van der Waals surface area contributed by atoms with E-state index in [1.807, 2.05) is 67.3 Å². The number of aliphatic hydroxyl groups excluding tert-OH is 1. The Bertz CT molecular complexity index is 1400. The van der Waals surface area contributed by atoms with Gasteiger partial charge in [-0.1, -0.05) is 54.6 Å². The summed E-state index contributed by atoms with van der Waals surface area (Å²) in [4.78, 5) is 49.2. The van der Waals surface area contributed by atoms with Crippen LogP contribution < -0.4 is 4.90 Å². The highest BCUT2D eigenvalue weighted by atomic mass is 32.2. The van der Waals surface area contributed by atoms with Crippen molar-refractivity contribution in [2.24, 2.45) is 11.8 Å². The molecule has 2 bridgehead atoms. The van der Waals surface area contributed by atoms with Crippen LogP contribution in [-0.4, -0.2) is 74.9 Å². The van der Waals surface area contributed by atoms with E-state index in [9.17, 15) is 19.5 Å². The van der Waals surface area contributed by atoms with Gasteiger partial charge in [0.25, 0.3) is 5.91 Å². The number of hydrogen-bond acceptors (Lipinski definition) is 5. The maximum Gasteiger partial charge on any atom is 0.251 e. The molecule has 2 aromatic carbocycles.